The molecule has 0 spiro atoms. The molecule has 2 unspecified atom stereocenters. The number of methoxy groups -OCH3 is 1. The summed E-state index contributed by atoms with van der Waals surface area (Å²) in [7, 11) is 1.63. The molecule has 0 bridgehead atoms. The molecule has 2 N–H and O–H groups in total. The number of ether oxygens (including phenoxy) is 2. The van der Waals surface area contributed by atoms with Crippen LogP contribution in [0.25, 0.3) is 0 Å². The standard InChI is InChI=1S/C20H27NO3/c1-14(2)24-19-11-5-16(6-12-19)15(3)21-13-20(22)17-7-9-18(23-4)10-8-17/h5-12,14-15,20-22H,13H2,1-4H3. The molecule has 0 saturated carbocycles. The van der Waals surface area contributed by atoms with Crippen molar-refractivity contribution in [2.24, 2.45) is 0 Å². The second kappa shape index (κ2) is 8.71. The van der Waals surface area contributed by atoms with Gasteiger partial charge in [-0.2, -0.15) is 0 Å². The highest BCUT2D eigenvalue weighted by molar-refractivity contribution is 5.30. The van der Waals surface area contributed by atoms with Crippen LogP contribution in [0.1, 0.15) is 44.0 Å². The molecule has 0 saturated heterocycles. The van der Waals surface area contributed by atoms with Gasteiger partial charge in [0.2, 0.25) is 0 Å². The first kappa shape index (κ1) is 18.3. The van der Waals surface area contributed by atoms with Gasteiger partial charge in [0.15, 0.2) is 0 Å². The van der Waals surface area contributed by atoms with Gasteiger partial charge in [0.25, 0.3) is 0 Å². The smallest absolute Gasteiger partial charge is 0.119 e. The summed E-state index contributed by atoms with van der Waals surface area (Å²) in [6, 6.07) is 15.7. The van der Waals surface area contributed by atoms with E-state index in [0.717, 1.165) is 22.6 Å². The van der Waals surface area contributed by atoms with Gasteiger partial charge >= 0.3 is 0 Å². The maximum atomic E-state index is 10.3. The van der Waals surface area contributed by atoms with Crippen LogP contribution in [0.4, 0.5) is 0 Å². The predicted octanol–water partition coefficient (Wildman–Crippen LogP) is 3.87. The minimum atomic E-state index is -0.554. The minimum Gasteiger partial charge on any atom is -0.497 e. The van der Waals surface area contributed by atoms with Gasteiger partial charge in [-0.3, -0.25) is 0 Å². The van der Waals surface area contributed by atoms with Crippen LogP contribution in [-0.4, -0.2) is 24.9 Å². The van der Waals surface area contributed by atoms with Gasteiger partial charge in [0, 0.05) is 12.6 Å². The molecule has 4 heteroatoms. The Kier molecular flexibility index (Phi) is 6.64. The minimum absolute atomic E-state index is 0.144. The van der Waals surface area contributed by atoms with E-state index in [-0.39, 0.29) is 12.1 Å². The molecule has 2 atom stereocenters. The zero-order valence-electron chi connectivity index (χ0n) is 14.8. The summed E-state index contributed by atoms with van der Waals surface area (Å²) in [4.78, 5) is 0. The number of hydrogen-bond acceptors (Lipinski definition) is 4. The Morgan fingerprint density at radius 2 is 1.42 bits per heavy atom. The molecule has 0 aromatic heterocycles. The highest BCUT2D eigenvalue weighted by atomic mass is 16.5. The third kappa shape index (κ3) is 5.25. The number of hydrogen-bond donors (Lipinski definition) is 2. The highest BCUT2D eigenvalue weighted by Crippen LogP contribution is 2.20. The lowest BCUT2D eigenvalue weighted by Crippen LogP contribution is -2.24. The number of benzene rings is 2. The first-order valence-electron chi connectivity index (χ1n) is 8.31. The topological polar surface area (TPSA) is 50.7 Å². The van der Waals surface area contributed by atoms with Crippen LogP contribution >= 0.6 is 0 Å². The Hall–Kier alpha value is -2.04. The summed E-state index contributed by atoms with van der Waals surface area (Å²) in [6.07, 6.45) is -0.382. The van der Waals surface area contributed by atoms with Crippen molar-refractivity contribution < 1.29 is 14.6 Å². The van der Waals surface area contributed by atoms with E-state index in [1.54, 1.807) is 7.11 Å². The van der Waals surface area contributed by atoms with Crippen molar-refractivity contribution in [1.29, 1.82) is 0 Å². The van der Waals surface area contributed by atoms with Crippen LogP contribution in [0.5, 0.6) is 11.5 Å². The Labute approximate surface area is 144 Å². The highest BCUT2D eigenvalue weighted by Gasteiger charge is 2.11. The lowest BCUT2D eigenvalue weighted by Gasteiger charge is -2.18. The van der Waals surface area contributed by atoms with Crippen molar-refractivity contribution >= 4 is 0 Å². The largest absolute Gasteiger partial charge is 0.497 e. The van der Waals surface area contributed by atoms with Crippen molar-refractivity contribution in [2.45, 2.75) is 39.0 Å². The van der Waals surface area contributed by atoms with Gasteiger partial charge in [-0.05, 0) is 56.2 Å². The average molecular weight is 329 g/mol. The van der Waals surface area contributed by atoms with E-state index in [0.29, 0.717) is 6.54 Å². The predicted molar refractivity (Wildman–Crippen MR) is 96.6 cm³/mol. The van der Waals surface area contributed by atoms with Crippen molar-refractivity contribution in [1.82, 2.24) is 5.32 Å². The Bertz CT molecular complexity index is 608. The van der Waals surface area contributed by atoms with Crippen molar-refractivity contribution in [2.75, 3.05) is 13.7 Å². The van der Waals surface area contributed by atoms with E-state index in [4.69, 9.17) is 9.47 Å². The Morgan fingerprint density at radius 3 is 1.96 bits per heavy atom. The van der Waals surface area contributed by atoms with Crippen LogP contribution in [0.15, 0.2) is 48.5 Å². The molecule has 24 heavy (non-hydrogen) atoms. The van der Waals surface area contributed by atoms with Crippen molar-refractivity contribution in [3.8, 4) is 11.5 Å². The Balaban J connectivity index is 1.88. The molecule has 2 aromatic carbocycles. The van der Waals surface area contributed by atoms with Crippen LogP contribution in [-0.2, 0) is 0 Å². The average Bonchev–Trinajstić information content (AvgIpc) is 2.59. The molecular weight excluding hydrogens is 302 g/mol. The molecule has 2 aromatic rings. The normalized spacial score (nSPS) is 13.6. The Morgan fingerprint density at radius 1 is 0.875 bits per heavy atom. The summed E-state index contributed by atoms with van der Waals surface area (Å²) < 4.78 is 10.8. The molecule has 0 fully saturated rings. The van der Waals surface area contributed by atoms with Crippen LogP contribution in [0.2, 0.25) is 0 Å². The van der Waals surface area contributed by atoms with Crippen LogP contribution in [0, 0.1) is 0 Å². The quantitative estimate of drug-likeness (QED) is 0.772. The second-order valence-electron chi connectivity index (χ2n) is 6.15. The number of aliphatic hydroxyl groups excluding tert-OH is 1. The van der Waals surface area contributed by atoms with Crippen molar-refractivity contribution in [3.05, 3.63) is 59.7 Å². The fourth-order valence-electron chi connectivity index (χ4n) is 2.46. The zero-order valence-corrected chi connectivity index (χ0v) is 14.8. The summed E-state index contributed by atoms with van der Waals surface area (Å²) in [5.41, 5.74) is 2.03. The molecule has 0 radical (unpaired) electrons. The molecule has 0 aliphatic carbocycles. The SMILES string of the molecule is COc1ccc(C(O)CNC(C)c2ccc(OC(C)C)cc2)cc1. The third-order valence-electron chi connectivity index (χ3n) is 3.87. The molecule has 0 aliphatic rings. The fourth-order valence-corrected chi connectivity index (χ4v) is 2.46. The van der Waals surface area contributed by atoms with Gasteiger partial charge in [-0.1, -0.05) is 24.3 Å². The molecule has 0 amide bonds. The van der Waals surface area contributed by atoms with Gasteiger partial charge in [0.05, 0.1) is 19.3 Å². The lowest BCUT2D eigenvalue weighted by atomic mass is 10.1. The van der Waals surface area contributed by atoms with Crippen molar-refractivity contribution in [3.63, 3.8) is 0 Å². The summed E-state index contributed by atoms with van der Waals surface area (Å²) in [5, 5.41) is 13.7. The molecule has 0 aliphatic heterocycles. The fraction of sp³-hybridized carbons (Fsp3) is 0.400. The summed E-state index contributed by atoms with van der Waals surface area (Å²) in [5.74, 6) is 1.66. The van der Waals surface area contributed by atoms with E-state index in [2.05, 4.69) is 24.4 Å². The van der Waals surface area contributed by atoms with Crippen LogP contribution < -0.4 is 14.8 Å². The number of rotatable bonds is 8. The molecule has 4 nitrogen and oxygen atoms in total. The van der Waals surface area contributed by atoms with E-state index in [1.165, 1.54) is 0 Å². The first-order valence-corrected chi connectivity index (χ1v) is 8.31. The van der Waals surface area contributed by atoms with E-state index in [9.17, 15) is 5.11 Å². The van der Waals surface area contributed by atoms with Gasteiger partial charge < -0.3 is 19.9 Å². The maximum Gasteiger partial charge on any atom is 0.119 e. The summed E-state index contributed by atoms with van der Waals surface area (Å²) in [6.45, 7) is 6.59. The van der Waals surface area contributed by atoms with Crippen LogP contribution in [0.3, 0.4) is 0 Å². The molecule has 0 heterocycles. The first-order chi connectivity index (χ1) is 11.5. The second-order valence-corrected chi connectivity index (χ2v) is 6.15. The van der Waals surface area contributed by atoms with Gasteiger partial charge in [0.1, 0.15) is 11.5 Å². The monoisotopic (exact) mass is 329 g/mol. The third-order valence-corrected chi connectivity index (χ3v) is 3.87. The molecular formula is C20H27NO3. The molecule has 130 valence electrons. The summed E-state index contributed by atoms with van der Waals surface area (Å²) >= 11 is 0. The van der Waals surface area contributed by atoms with Gasteiger partial charge in [-0.15, -0.1) is 0 Å². The molecule has 2 rings (SSSR count). The van der Waals surface area contributed by atoms with E-state index in [1.807, 2.05) is 50.2 Å². The number of aliphatic hydroxyl groups is 1. The maximum absolute atomic E-state index is 10.3. The lowest BCUT2D eigenvalue weighted by molar-refractivity contribution is 0.170. The number of nitrogens with one attached hydrogen (secondary N) is 1. The van der Waals surface area contributed by atoms with E-state index < -0.39 is 6.10 Å². The van der Waals surface area contributed by atoms with Gasteiger partial charge in [-0.25, -0.2) is 0 Å². The van der Waals surface area contributed by atoms with E-state index >= 15 is 0 Å². The zero-order chi connectivity index (χ0) is 17.5.